The van der Waals surface area contributed by atoms with Gasteiger partial charge in [0.15, 0.2) is 0 Å². The molecule has 0 radical (unpaired) electrons. The van der Waals surface area contributed by atoms with Crippen LogP contribution in [0.4, 0.5) is 4.39 Å². The van der Waals surface area contributed by atoms with Crippen molar-refractivity contribution in [3.8, 4) is 11.4 Å². The number of halogens is 1. The van der Waals surface area contributed by atoms with Crippen LogP contribution in [0.3, 0.4) is 0 Å². The third-order valence-corrected chi connectivity index (χ3v) is 5.04. The zero-order valence-electron chi connectivity index (χ0n) is 12.8. The number of benzene rings is 1. The summed E-state index contributed by atoms with van der Waals surface area (Å²) in [7, 11) is 0. The molecule has 3 heterocycles. The second-order valence-electron chi connectivity index (χ2n) is 5.13. The third-order valence-electron chi connectivity index (χ3n) is 3.33. The fraction of sp³-hybridized carbons (Fsp3) is 0.125. The lowest BCUT2D eigenvalue weighted by Gasteiger charge is -1.92. The second kappa shape index (κ2) is 7.16. The molecule has 3 aromatic heterocycles. The van der Waals surface area contributed by atoms with Gasteiger partial charge < -0.3 is 4.52 Å². The highest BCUT2D eigenvalue weighted by atomic mass is 32.2. The van der Waals surface area contributed by atoms with Gasteiger partial charge in [0.2, 0.25) is 16.9 Å². The van der Waals surface area contributed by atoms with Crippen molar-refractivity contribution < 1.29 is 8.91 Å². The number of hydrogen-bond acceptors (Lipinski definition) is 7. The van der Waals surface area contributed by atoms with Crippen molar-refractivity contribution in [3.63, 3.8) is 0 Å². The summed E-state index contributed by atoms with van der Waals surface area (Å²) in [5.74, 6) is 1.89. The van der Waals surface area contributed by atoms with Gasteiger partial charge in [0.1, 0.15) is 11.6 Å². The predicted octanol–water partition coefficient (Wildman–Crippen LogP) is 3.94. The Morgan fingerprint density at radius 3 is 2.84 bits per heavy atom. The summed E-state index contributed by atoms with van der Waals surface area (Å²) < 4.78 is 18.2. The molecule has 9 heteroatoms. The molecule has 25 heavy (non-hydrogen) atoms. The maximum Gasteiger partial charge on any atom is 0.237 e. The molecule has 6 nitrogen and oxygen atoms in total. The van der Waals surface area contributed by atoms with Crippen molar-refractivity contribution in [2.24, 2.45) is 0 Å². The smallest absolute Gasteiger partial charge is 0.237 e. The van der Waals surface area contributed by atoms with Crippen LogP contribution in [0.15, 0.2) is 51.5 Å². The first-order chi connectivity index (χ1) is 12.3. The Morgan fingerprint density at radius 1 is 1.16 bits per heavy atom. The molecule has 0 bridgehead atoms. The van der Waals surface area contributed by atoms with Gasteiger partial charge in [-0.1, -0.05) is 23.0 Å². The molecule has 0 aliphatic carbocycles. The van der Waals surface area contributed by atoms with E-state index < -0.39 is 0 Å². The van der Waals surface area contributed by atoms with Crippen LogP contribution >= 0.6 is 23.1 Å². The molecule has 0 atom stereocenters. The van der Waals surface area contributed by atoms with E-state index in [-0.39, 0.29) is 5.82 Å². The first-order valence-electron chi connectivity index (χ1n) is 7.41. The number of aromatic amines is 1. The largest absolute Gasteiger partial charge is 0.338 e. The summed E-state index contributed by atoms with van der Waals surface area (Å²) in [6, 6.07) is 10.0. The number of hydrogen-bond donors (Lipinski definition) is 1. The number of thiophene rings is 1. The van der Waals surface area contributed by atoms with Crippen LogP contribution in [0.1, 0.15) is 16.6 Å². The minimum atomic E-state index is -0.300. The van der Waals surface area contributed by atoms with Gasteiger partial charge in [-0.2, -0.15) is 4.98 Å². The highest BCUT2D eigenvalue weighted by Gasteiger charge is 2.11. The second-order valence-corrected chi connectivity index (χ2v) is 7.10. The topological polar surface area (TPSA) is 80.5 Å². The Balaban J connectivity index is 1.37. The lowest BCUT2D eigenvalue weighted by atomic mass is 10.2. The standard InChI is InChI=1S/C16H12FN5OS2/c17-11-5-3-10(4-6-11)15-19-14(23-22-15)9-25-16-18-13(20-21-16)8-12-2-1-7-24-12/h1-7H,8-9H2,(H,18,20,21). The zero-order valence-corrected chi connectivity index (χ0v) is 14.5. The van der Waals surface area contributed by atoms with Gasteiger partial charge in [-0.3, -0.25) is 5.10 Å². The maximum atomic E-state index is 13.0. The van der Waals surface area contributed by atoms with Crippen molar-refractivity contribution in [3.05, 3.63) is 64.2 Å². The fourth-order valence-electron chi connectivity index (χ4n) is 2.16. The van der Waals surface area contributed by atoms with E-state index in [1.807, 2.05) is 11.4 Å². The number of nitrogens with zero attached hydrogens (tertiary/aromatic N) is 4. The van der Waals surface area contributed by atoms with Crippen molar-refractivity contribution in [1.29, 1.82) is 0 Å². The van der Waals surface area contributed by atoms with Crippen LogP contribution < -0.4 is 0 Å². The average Bonchev–Trinajstić information content (AvgIpc) is 3.36. The average molecular weight is 373 g/mol. The highest BCUT2D eigenvalue weighted by Crippen LogP contribution is 2.22. The summed E-state index contributed by atoms with van der Waals surface area (Å²) >= 11 is 3.10. The minimum absolute atomic E-state index is 0.300. The zero-order chi connectivity index (χ0) is 17.1. The number of thioether (sulfide) groups is 1. The normalized spacial score (nSPS) is 11.1. The Morgan fingerprint density at radius 2 is 2.04 bits per heavy atom. The first kappa shape index (κ1) is 16.0. The maximum absolute atomic E-state index is 13.0. The van der Waals surface area contributed by atoms with E-state index in [0.29, 0.717) is 28.2 Å². The van der Waals surface area contributed by atoms with E-state index in [0.717, 1.165) is 12.2 Å². The Kier molecular flexibility index (Phi) is 4.57. The molecule has 1 aromatic carbocycles. The van der Waals surface area contributed by atoms with Crippen molar-refractivity contribution in [1.82, 2.24) is 25.3 Å². The molecule has 0 saturated heterocycles. The highest BCUT2D eigenvalue weighted by molar-refractivity contribution is 7.98. The van der Waals surface area contributed by atoms with E-state index in [4.69, 9.17) is 4.52 Å². The Hall–Kier alpha value is -2.52. The van der Waals surface area contributed by atoms with E-state index in [1.165, 1.54) is 28.8 Å². The summed E-state index contributed by atoms with van der Waals surface area (Å²) in [6.45, 7) is 0. The molecule has 126 valence electrons. The van der Waals surface area contributed by atoms with Crippen LogP contribution in [0, 0.1) is 5.82 Å². The molecule has 0 spiro atoms. The number of aromatic nitrogens is 5. The summed E-state index contributed by atoms with van der Waals surface area (Å²) in [6.07, 6.45) is 0.737. The SMILES string of the molecule is Fc1ccc(-c2noc(CSc3n[nH]c(Cc4cccs4)n3)n2)cc1. The predicted molar refractivity (Wildman–Crippen MR) is 92.8 cm³/mol. The molecule has 0 aliphatic rings. The molecule has 0 unspecified atom stereocenters. The van der Waals surface area contributed by atoms with E-state index >= 15 is 0 Å². The van der Waals surface area contributed by atoms with Gasteiger partial charge in [-0.25, -0.2) is 9.37 Å². The van der Waals surface area contributed by atoms with E-state index in [9.17, 15) is 4.39 Å². The quantitative estimate of drug-likeness (QED) is 0.516. The number of H-pyrrole nitrogens is 1. The Labute approximate surface area is 150 Å². The molecule has 0 saturated carbocycles. The van der Waals surface area contributed by atoms with Crippen LogP contribution in [-0.2, 0) is 12.2 Å². The van der Waals surface area contributed by atoms with Crippen LogP contribution in [0.2, 0.25) is 0 Å². The number of rotatable bonds is 6. The summed E-state index contributed by atoms with van der Waals surface area (Å²) in [5.41, 5.74) is 0.706. The van der Waals surface area contributed by atoms with Gasteiger partial charge >= 0.3 is 0 Å². The van der Waals surface area contributed by atoms with Crippen molar-refractivity contribution in [2.45, 2.75) is 17.3 Å². The first-order valence-corrected chi connectivity index (χ1v) is 9.28. The molecular weight excluding hydrogens is 361 g/mol. The van der Waals surface area contributed by atoms with E-state index in [1.54, 1.807) is 23.5 Å². The molecular formula is C16H12FN5OS2. The summed E-state index contributed by atoms with van der Waals surface area (Å²) in [4.78, 5) is 9.98. The van der Waals surface area contributed by atoms with Gasteiger partial charge in [-0.05, 0) is 35.7 Å². The lowest BCUT2D eigenvalue weighted by molar-refractivity contribution is 0.391. The van der Waals surface area contributed by atoms with Gasteiger partial charge in [0.05, 0.1) is 5.75 Å². The molecule has 0 aliphatic heterocycles. The van der Waals surface area contributed by atoms with Crippen molar-refractivity contribution in [2.75, 3.05) is 0 Å². The van der Waals surface area contributed by atoms with Gasteiger partial charge in [-0.15, -0.1) is 16.4 Å². The molecule has 4 rings (SSSR count). The minimum Gasteiger partial charge on any atom is -0.338 e. The van der Waals surface area contributed by atoms with Crippen LogP contribution in [-0.4, -0.2) is 25.3 Å². The van der Waals surface area contributed by atoms with Crippen molar-refractivity contribution >= 4 is 23.1 Å². The molecule has 0 amide bonds. The van der Waals surface area contributed by atoms with Crippen LogP contribution in [0.5, 0.6) is 0 Å². The molecule has 0 fully saturated rings. The van der Waals surface area contributed by atoms with E-state index in [2.05, 4.69) is 31.4 Å². The molecule has 1 N–H and O–H groups in total. The monoisotopic (exact) mass is 373 g/mol. The number of nitrogens with one attached hydrogen (secondary N) is 1. The Bertz CT molecular complexity index is 949. The fourth-order valence-corrected chi connectivity index (χ4v) is 3.52. The van der Waals surface area contributed by atoms with Gasteiger partial charge in [0.25, 0.3) is 0 Å². The summed E-state index contributed by atoms with van der Waals surface area (Å²) in [5, 5.41) is 13.7. The lowest BCUT2D eigenvalue weighted by Crippen LogP contribution is -1.87. The third kappa shape index (κ3) is 3.94. The molecule has 4 aromatic rings. The van der Waals surface area contributed by atoms with Gasteiger partial charge in [0, 0.05) is 16.9 Å². The van der Waals surface area contributed by atoms with Crippen LogP contribution in [0.25, 0.3) is 11.4 Å².